The number of aromatic nitrogens is 5. The molecule has 7 nitrogen and oxygen atoms in total. The molecular weight excluding hydrogens is 324 g/mol. The monoisotopic (exact) mass is 334 g/mol. The highest BCUT2D eigenvalue weighted by atomic mass is 35.5. The third-order valence-corrected chi connectivity index (χ3v) is 3.93. The van der Waals surface area contributed by atoms with Crippen LogP contribution in [0.4, 0.5) is 5.69 Å². The van der Waals surface area contributed by atoms with Crippen molar-refractivity contribution in [3.63, 3.8) is 0 Å². The van der Waals surface area contributed by atoms with E-state index in [1.54, 1.807) is 28.2 Å². The van der Waals surface area contributed by atoms with Gasteiger partial charge in [0, 0.05) is 0 Å². The molecule has 0 aromatic carbocycles. The van der Waals surface area contributed by atoms with Gasteiger partial charge in [0.1, 0.15) is 11.5 Å². The average Bonchev–Trinajstić information content (AvgIpc) is 3.21. The Balaban J connectivity index is 1.73. The number of rotatable bonds is 5. The van der Waals surface area contributed by atoms with Crippen LogP contribution in [0.2, 0.25) is 5.15 Å². The second kappa shape index (κ2) is 6.63. The summed E-state index contributed by atoms with van der Waals surface area (Å²) in [6.45, 7) is 0. The Bertz CT molecular complexity index is 694. The van der Waals surface area contributed by atoms with Crippen LogP contribution in [0.1, 0.15) is 18.0 Å². The van der Waals surface area contributed by atoms with E-state index in [4.69, 9.17) is 11.6 Å². The van der Waals surface area contributed by atoms with Gasteiger partial charge in [-0.2, -0.15) is 11.3 Å². The molecule has 1 atom stereocenters. The van der Waals surface area contributed by atoms with E-state index in [0.29, 0.717) is 10.8 Å². The first-order valence-corrected chi connectivity index (χ1v) is 7.70. The third-order valence-electron chi connectivity index (χ3n) is 3.00. The van der Waals surface area contributed by atoms with Crippen molar-refractivity contribution in [1.29, 1.82) is 0 Å². The molecule has 0 aliphatic rings. The minimum Gasteiger partial charge on any atom is -0.325 e. The van der Waals surface area contributed by atoms with Gasteiger partial charge in [-0.15, -0.1) is 5.10 Å². The van der Waals surface area contributed by atoms with Crippen molar-refractivity contribution in [3.8, 4) is 0 Å². The molecule has 0 bridgehead atoms. The summed E-state index contributed by atoms with van der Waals surface area (Å²) in [5.41, 5.74) is 1.58. The van der Waals surface area contributed by atoms with Crippen molar-refractivity contribution in [1.82, 2.24) is 25.2 Å². The predicted molar refractivity (Wildman–Crippen MR) is 82.8 cm³/mol. The van der Waals surface area contributed by atoms with E-state index in [2.05, 4.69) is 25.8 Å². The molecular formula is C13H11ClN6OS. The summed E-state index contributed by atoms with van der Waals surface area (Å²) in [6, 6.07) is 5.02. The second-order valence-corrected chi connectivity index (χ2v) is 5.65. The van der Waals surface area contributed by atoms with Crippen LogP contribution in [0.25, 0.3) is 0 Å². The van der Waals surface area contributed by atoms with Crippen LogP contribution in [0.3, 0.4) is 0 Å². The second-order valence-electron chi connectivity index (χ2n) is 4.48. The number of hydrogen-bond acceptors (Lipinski definition) is 6. The van der Waals surface area contributed by atoms with E-state index in [9.17, 15) is 4.79 Å². The highest BCUT2D eigenvalue weighted by Gasteiger charge is 2.19. The summed E-state index contributed by atoms with van der Waals surface area (Å²) in [5, 5.41) is 18.3. The Morgan fingerprint density at radius 2 is 2.32 bits per heavy atom. The molecule has 9 heteroatoms. The lowest BCUT2D eigenvalue weighted by atomic mass is 10.1. The molecule has 3 aromatic rings. The van der Waals surface area contributed by atoms with Crippen LogP contribution in [0.5, 0.6) is 0 Å². The minimum atomic E-state index is -0.249. The van der Waals surface area contributed by atoms with E-state index in [0.717, 1.165) is 5.56 Å². The summed E-state index contributed by atoms with van der Waals surface area (Å²) in [5.74, 6) is -0.157. The molecule has 22 heavy (non-hydrogen) atoms. The molecule has 1 N–H and O–H groups in total. The van der Waals surface area contributed by atoms with Crippen LogP contribution in [0.15, 0.2) is 41.5 Å². The number of carbonyl (C=O) groups is 1. The van der Waals surface area contributed by atoms with E-state index in [1.807, 2.05) is 16.8 Å². The number of nitrogens with zero attached hydrogens (tertiary/aromatic N) is 5. The molecule has 0 spiro atoms. The first-order chi connectivity index (χ1) is 10.7. The smallest absolute Gasteiger partial charge is 0.226 e. The first-order valence-electron chi connectivity index (χ1n) is 6.38. The van der Waals surface area contributed by atoms with Gasteiger partial charge in [-0.25, -0.2) is 9.67 Å². The maximum Gasteiger partial charge on any atom is 0.226 e. The van der Waals surface area contributed by atoms with Crippen molar-refractivity contribution >= 4 is 34.5 Å². The van der Waals surface area contributed by atoms with Crippen molar-refractivity contribution < 1.29 is 4.79 Å². The van der Waals surface area contributed by atoms with Crippen molar-refractivity contribution in [2.24, 2.45) is 0 Å². The van der Waals surface area contributed by atoms with Gasteiger partial charge in [0.05, 0.1) is 24.3 Å². The minimum absolute atomic E-state index is 0.157. The fourth-order valence-corrected chi connectivity index (χ4v) is 2.80. The van der Waals surface area contributed by atoms with Gasteiger partial charge in [-0.05, 0) is 44.9 Å². The molecule has 3 aromatic heterocycles. The number of anilines is 1. The zero-order chi connectivity index (χ0) is 15.4. The fraction of sp³-hybridized carbons (Fsp3) is 0.154. The largest absolute Gasteiger partial charge is 0.325 e. The Hall–Kier alpha value is -2.32. The number of pyridine rings is 1. The highest BCUT2D eigenvalue weighted by Crippen LogP contribution is 2.23. The van der Waals surface area contributed by atoms with Gasteiger partial charge in [-0.3, -0.25) is 4.79 Å². The van der Waals surface area contributed by atoms with Gasteiger partial charge >= 0.3 is 0 Å². The quantitative estimate of drug-likeness (QED) is 0.724. The number of tetrazole rings is 1. The fourth-order valence-electron chi connectivity index (χ4n) is 1.98. The standard InChI is InChI=1S/C13H11ClN6OS/c14-12-2-1-10(6-15-12)17-13(21)5-11(9-3-4-22-7-9)20-8-16-18-19-20/h1-4,6-8,11H,5H2,(H,17,21). The summed E-state index contributed by atoms with van der Waals surface area (Å²) < 4.78 is 1.57. The summed E-state index contributed by atoms with van der Waals surface area (Å²) >= 11 is 7.28. The van der Waals surface area contributed by atoms with Gasteiger partial charge in [-0.1, -0.05) is 11.6 Å². The van der Waals surface area contributed by atoms with Gasteiger partial charge < -0.3 is 5.32 Å². The number of carbonyl (C=O) groups excluding carboxylic acids is 1. The Labute approximate surface area is 134 Å². The Kier molecular flexibility index (Phi) is 4.40. The molecule has 3 heterocycles. The molecule has 0 aliphatic heterocycles. The number of halogens is 1. The summed E-state index contributed by atoms with van der Waals surface area (Å²) in [7, 11) is 0. The molecule has 0 radical (unpaired) electrons. The molecule has 1 amide bonds. The van der Waals surface area contributed by atoms with Gasteiger partial charge in [0.2, 0.25) is 5.91 Å². The number of hydrogen-bond donors (Lipinski definition) is 1. The van der Waals surface area contributed by atoms with Crippen molar-refractivity contribution in [3.05, 3.63) is 52.2 Å². The summed E-state index contributed by atoms with van der Waals surface area (Å²) in [4.78, 5) is 16.2. The lowest BCUT2D eigenvalue weighted by Gasteiger charge is -2.15. The highest BCUT2D eigenvalue weighted by molar-refractivity contribution is 7.08. The van der Waals surface area contributed by atoms with Gasteiger partial charge in [0.15, 0.2) is 0 Å². The van der Waals surface area contributed by atoms with Crippen molar-refractivity contribution in [2.75, 3.05) is 5.32 Å². The number of amides is 1. The zero-order valence-corrected chi connectivity index (χ0v) is 12.8. The molecule has 0 saturated heterocycles. The van der Waals surface area contributed by atoms with Gasteiger partial charge in [0.25, 0.3) is 0 Å². The lowest BCUT2D eigenvalue weighted by molar-refractivity contribution is -0.116. The molecule has 112 valence electrons. The predicted octanol–water partition coefficient (Wildman–Crippen LogP) is 2.40. The SMILES string of the molecule is O=C(CC(c1ccsc1)n1cnnn1)Nc1ccc(Cl)nc1. The molecule has 1 unspecified atom stereocenters. The molecule has 3 rings (SSSR count). The van der Waals surface area contributed by atoms with Crippen molar-refractivity contribution in [2.45, 2.75) is 12.5 Å². The zero-order valence-electron chi connectivity index (χ0n) is 11.3. The summed E-state index contributed by atoms with van der Waals surface area (Å²) in [6.07, 6.45) is 3.22. The van der Waals surface area contributed by atoms with E-state index >= 15 is 0 Å². The lowest BCUT2D eigenvalue weighted by Crippen LogP contribution is -2.20. The topological polar surface area (TPSA) is 85.6 Å². The van der Waals surface area contributed by atoms with Crippen LogP contribution in [0, 0.1) is 0 Å². The molecule has 0 aliphatic carbocycles. The average molecular weight is 335 g/mol. The maximum absolute atomic E-state index is 12.2. The van der Waals surface area contributed by atoms with Crippen LogP contribution in [-0.4, -0.2) is 31.1 Å². The van der Waals surface area contributed by atoms with E-state index in [-0.39, 0.29) is 18.4 Å². The van der Waals surface area contributed by atoms with Crippen LogP contribution >= 0.6 is 22.9 Å². The van der Waals surface area contributed by atoms with E-state index in [1.165, 1.54) is 12.5 Å². The number of nitrogens with one attached hydrogen (secondary N) is 1. The molecule has 0 fully saturated rings. The maximum atomic E-state index is 12.2. The Morgan fingerprint density at radius 1 is 1.41 bits per heavy atom. The van der Waals surface area contributed by atoms with Crippen LogP contribution < -0.4 is 5.32 Å². The van der Waals surface area contributed by atoms with Crippen LogP contribution in [-0.2, 0) is 4.79 Å². The number of thiophene rings is 1. The van der Waals surface area contributed by atoms with E-state index < -0.39 is 0 Å². The third kappa shape index (κ3) is 3.46. The first kappa shape index (κ1) is 14.6. The normalized spacial score (nSPS) is 12.0. The molecule has 0 saturated carbocycles. The Morgan fingerprint density at radius 3 is 2.95 bits per heavy atom.